The third-order valence-electron chi connectivity index (χ3n) is 3.71. The molecule has 2 rings (SSSR count). The van der Waals surface area contributed by atoms with Crippen LogP contribution in [-0.2, 0) is 6.54 Å². The zero-order chi connectivity index (χ0) is 15.2. The predicted molar refractivity (Wildman–Crippen MR) is 79.3 cm³/mol. The van der Waals surface area contributed by atoms with Gasteiger partial charge < -0.3 is 15.3 Å². The van der Waals surface area contributed by atoms with Gasteiger partial charge in [0, 0.05) is 24.3 Å². The number of carbonyl (C=O) groups is 1. The molecule has 0 radical (unpaired) electrons. The summed E-state index contributed by atoms with van der Waals surface area (Å²) in [5.41, 5.74) is 0.544. The molecule has 5 heteroatoms. The van der Waals surface area contributed by atoms with E-state index in [1.54, 1.807) is 23.1 Å². The number of aliphatic hydroxyl groups is 1. The minimum atomic E-state index is -0.274. The summed E-state index contributed by atoms with van der Waals surface area (Å²) in [6, 6.07) is 6.64. The number of rotatable bonds is 7. The van der Waals surface area contributed by atoms with Crippen molar-refractivity contribution in [3.05, 3.63) is 35.6 Å². The summed E-state index contributed by atoms with van der Waals surface area (Å²) in [7, 11) is 0. The second-order valence-corrected chi connectivity index (χ2v) is 5.67. The molecule has 2 N–H and O–H groups in total. The van der Waals surface area contributed by atoms with Crippen molar-refractivity contribution in [3.8, 4) is 0 Å². The van der Waals surface area contributed by atoms with E-state index in [9.17, 15) is 9.18 Å². The average Bonchev–Trinajstić information content (AvgIpc) is 3.28. The number of hydrogen-bond acceptors (Lipinski definition) is 2. The maximum absolute atomic E-state index is 13.7. The van der Waals surface area contributed by atoms with Crippen molar-refractivity contribution in [2.75, 3.05) is 6.61 Å². The van der Waals surface area contributed by atoms with Gasteiger partial charge in [-0.25, -0.2) is 9.18 Å². The Morgan fingerprint density at radius 2 is 2.19 bits per heavy atom. The van der Waals surface area contributed by atoms with Gasteiger partial charge in [-0.15, -0.1) is 0 Å². The molecule has 1 unspecified atom stereocenters. The van der Waals surface area contributed by atoms with E-state index in [1.807, 2.05) is 6.92 Å². The maximum Gasteiger partial charge on any atom is 0.318 e. The van der Waals surface area contributed by atoms with Crippen LogP contribution < -0.4 is 5.32 Å². The number of hydrogen-bond donors (Lipinski definition) is 2. The molecule has 2 amide bonds. The van der Waals surface area contributed by atoms with Gasteiger partial charge in [-0.3, -0.25) is 0 Å². The highest BCUT2D eigenvalue weighted by molar-refractivity contribution is 5.75. The zero-order valence-corrected chi connectivity index (χ0v) is 12.4. The molecule has 21 heavy (non-hydrogen) atoms. The Bertz CT molecular complexity index is 477. The summed E-state index contributed by atoms with van der Waals surface area (Å²) in [6.45, 7) is 2.35. The van der Waals surface area contributed by atoms with Crippen LogP contribution in [0.4, 0.5) is 9.18 Å². The van der Waals surface area contributed by atoms with Crippen LogP contribution in [0.5, 0.6) is 0 Å². The number of aliphatic hydroxyl groups excluding tert-OH is 1. The molecule has 4 nitrogen and oxygen atoms in total. The van der Waals surface area contributed by atoms with Gasteiger partial charge in [-0.1, -0.05) is 18.2 Å². The Balaban J connectivity index is 1.95. The summed E-state index contributed by atoms with van der Waals surface area (Å²) >= 11 is 0. The summed E-state index contributed by atoms with van der Waals surface area (Å²) in [6.07, 6.45) is 3.36. The lowest BCUT2D eigenvalue weighted by Crippen LogP contribution is -2.44. The molecule has 0 aliphatic heterocycles. The van der Waals surface area contributed by atoms with Crippen LogP contribution in [0.3, 0.4) is 0 Å². The standard InChI is InChI=1S/C16H23FN2O2/c1-12(5-4-10-20)18-16(21)19(14-8-9-14)11-13-6-2-3-7-15(13)17/h2-3,6-7,12,14,20H,4-5,8-11H2,1H3,(H,18,21). The van der Waals surface area contributed by atoms with E-state index in [4.69, 9.17) is 5.11 Å². The van der Waals surface area contributed by atoms with Crippen LogP contribution in [0.25, 0.3) is 0 Å². The van der Waals surface area contributed by atoms with Gasteiger partial charge in [-0.2, -0.15) is 0 Å². The van der Waals surface area contributed by atoms with Crippen LogP contribution in [-0.4, -0.2) is 34.7 Å². The Morgan fingerprint density at radius 1 is 1.48 bits per heavy atom. The van der Waals surface area contributed by atoms with E-state index in [0.29, 0.717) is 18.5 Å². The molecule has 0 aromatic heterocycles. The Hall–Kier alpha value is -1.62. The highest BCUT2D eigenvalue weighted by atomic mass is 19.1. The van der Waals surface area contributed by atoms with Crippen LogP contribution in [0, 0.1) is 5.82 Å². The second-order valence-electron chi connectivity index (χ2n) is 5.67. The molecule has 1 aromatic rings. The Morgan fingerprint density at radius 3 is 2.81 bits per heavy atom. The van der Waals surface area contributed by atoms with Gasteiger partial charge in [0.1, 0.15) is 5.82 Å². The number of urea groups is 1. The summed E-state index contributed by atoms with van der Waals surface area (Å²) in [4.78, 5) is 14.1. The fourth-order valence-corrected chi connectivity index (χ4v) is 2.33. The van der Waals surface area contributed by atoms with E-state index >= 15 is 0 Å². The lowest BCUT2D eigenvalue weighted by molar-refractivity contribution is 0.186. The van der Waals surface area contributed by atoms with Crippen LogP contribution in [0.15, 0.2) is 24.3 Å². The molecule has 116 valence electrons. The third-order valence-corrected chi connectivity index (χ3v) is 3.71. The molecular weight excluding hydrogens is 271 g/mol. The van der Waals surface area contributed by atoms with Gasteiger partial charge in [0.2, 0.25) is 0 Å². The quantitative estimate of drug-likeness (QED) is 0.812. The number of carbonyl (C=O) groups excluding carboxylic acids is 1. The van der Waals surface area contributed by atoms with Gasteiger partial charge in [-0.05, 0) is 38.7 Å². The van der Waals surface area contributed by atoms with Gasteiger partial charge in [0.05, 0.1) is 6.54 Å². The number of nitrogens with zero attached hydrogens (tertiary/aromatic N) is 1. The Labute approximate surface area is 125 Å². The molecule has 1 aromatic carbocycles. The van der Waals surface area contributed by atoms with Crippen molar-refractivity contribution in [2.24, 2.45) is 0 Å². The van der Waals surface area contributed by atoms with Crippen molar-refractivity contribution >= 4 is 6.03 Å². The first-order valence-electron chi connectivity index (χ1n) is 7.53. The van der Waals surface area contributed by atoms with Gasteiger partial charge >= 0.3 is 6.03 Å². The van der Waals surface area contributed by atoms with Crippen molar-refractivity contribution in [1.29, 1.82) is 0 Å². The summed E-state index contributed by atoms with van der Waals surface area (Å²) in [5.74, 6) is -0.274. The smallest absolute Gasteiger partial charge is 0.318 e. The molecule has 1 aliphatic carbocycles. The average molecular weight is 294 g/mol. The first-order valence-corrected chi connectivity index (χ1v) is 7.53. The number of nitrogens with one attached hydrogen (secondary N) is 1. The molecular formula is C16H23FN2O2. The van der Waals surface area contributed by atoms with E-state index in [2.05, 4.69) is 5.32 Å². The van der Waals surface area contributed by atoms with Crippen LogP contribution in [0.2, 0.25) is 0 Å². The van der Waals surface area contributed by atoms with E-state index in [1.165, 1.54) is 6.07 Å². The first kappa shape index (κ1) is 15.8. The van der Waals surface area contributed by atoms with Crippen molar-refractivity contribution in [3.63, 3.8) is 0 Å². The third kappa shape index (κ3) is 4.70. The monoisotopic (exact) mass is 294 g/mol. The maximum atomic E-state index is 13.7. The summed E-state index contributed by atoms with van der Waals surface area (Å²) < 4.78 is 13.7. The van der Waals surface area contributed by atoms with Crippen molar-refractivity contribution in [1.82, 2.24) is 10.2 Å². The predicted octanol–water partition coefficient (Wildman–Crippen LogP) is 2.66. The molecule has 0 heterocycles. The molecule has 1 atom stereocenters. The first-order chi connectivity index (χ1) is 10.1. The van der Waals surface area contributed by atoms with E-state index < -0.39 is 0 Å². The molecule has 0 spiro atoms. The van der Waals surface area contributed by atoms with Crippen molar-refractivity contribution in [2.45, 2.75) is 51.2 Å². The zero-order valence-electron chi connectivity index (χ0n) is 12.4. The molecule has 1 fully saturated rings. The molecule has 1 aliphatic rings. The fourth-order valence-electron chi connectivity index (χ4n) is 2.33. The van der Waals surface area contributed by atoms with Crippen LogP contribution in [0.1, 0.15) is 38.2 Å². The SMILES string of the molecule is CC(CCCO)NC(=O)N(Cc1ccccc1F)C1CC1. The Kier molecular flexibility index (Phi) is 5.56. The molecule has 1 saturated carbocycles. The highest BCUT2D eigenvalue weighted by Gasteiger charge is 2.33. The minimum Gasteiger partial charge on any atom is -0.396 e. The second kappa shape index (κ2) is 7.41. The van der Waals surface area contributed by atoms with Crippen molar-refractivity contribution < 1.29 is 14.3 Å². The highest BCUT2D eigenvalue weighted by Crippen LogP contribution is 2.29. The van der Waals surface area contributed by atoms with E-state index in [0.717, 1.165) is 19.3 Å². The largest absolute Gasteiger partial charge is 0.396 e. The van der Waals surface area contributed by atoms with Gasteiger partial charge in [0.25, 0.3) is 0 Å². The lowest BCUT2D eigenvalue weighted by atomic mass is 10.2. The van der Waals surface area contributed by atoms with Crippen LogP contribution >= 0.6 is 0 Å². The number of amides is 2. The summed E-state index contributed by atoms with van der Waals surface area (Å²) in [5, 5.41) is 11.7. The lowest BCUT2D eigenvalue weighted by Gasteiger charge is -2.25. The topological polar surface area (TPSA) is 52.6 Å². The minimum absolute atomic E-state index is 0.00604. The molecule has 0 saturated heterocycles. The normalized spacial score (nSPS) is 15.6. The molecule has 0 bridgehead atoms. The van der Waals surface area contributed by atoms with E-state index in [-0.39, 0.29) is 30.5 Å². The van der Waals surface area contributed by atoms with Gasteiger partial charge in [0.15, 0.2) is 0 Å². The number of benzene rings is 1. The number of halogens is 1. The fraction of sp³-hybridized carbons (Fsp3) is 0.562.